The van der Waals surface area contributed by atoms with Crippen molar-refractivity contribution >= 4 is 11.5 Å². The molecule has 0 radical (unpaired) electrons. The summed E-state index contributed by atoms with van der Waals surface area (Å²) >= 11 is 0. The number of halogens is 1. The Balaban J connectivity index is 2.52. The maximum absolute atomic E-state index is 13.0. The number of nitro benzene ring substituents is 1. The molecule has 0 unspecified atom stereocenters. The molecule has 7 nitrogen and oxygen atoms in total. The van der Waals surface area contributed by atoms with Crippen LogP contribution in [0.2, 0.25) is 0 Å². The lowest BCUT2D eigenvalue weighted by atomic mass is 10.1. The number of nitrogens with zero attached hydrogens (tertiary/aromatic N) is 3. The van der Waals surface area contributed by atoms with Crippen LogP contribution in [-0.4, -0.2) is 26.4 Å². The van der Waals surface area contributed by atoms with E-state index in [1.807, 2.05) is 0 Å². The Morgan fingerprint density at radius 2 is 2.21 bits per heavy atom. The first-order valence-corrected chi connectivity index (χ1v) is 5.41. The average molecular weight is 266 g/mol. The van der Waals surface area contributed by atoms with Crippen molar-refractivity contribution in [2.75, 3.05) is 12.3 Å². The molecule has 2 rings (SSSR count). The molecule has 3 N–H and O–H groups in total. The van der Waals surface area contributed by atoms with Crippen LogP contribution in [0.5, 0.6) is 0 Å². The lowest BCUT2D eigenvalue weighted by Crippen LogP contribution is -2.07. The molecule has 0 fully saturated rings. The molecule has 2 aromatic rings. The largest absolute Gasteiger partial charge is 0.394 e. The van der Waals surface area contributed by atoms with Crippen LogP contribution in [0.1, 0.15) is 0 Å². The Bertz CT molecular complexity index is 626. The highest BCUT2D eigenvalue weighted by Crippen LogP contribution is 2.30. The van der Waals surface area contributed by atoms with E-state index >= 15 is 0 Å². The van der Waals surface area contributed by atoms with Crippen molar-refractivity contribution in [1.29, 1.82) is 0 Å². The van der Waals surface area contributed by atoms with E-state index in [0.29, 0.717) is 0 Å². The average Bonchev–Trinajstić information content (AvgIpc) is 2.71. The van der Waals surface area contributed by atoms with Crippen LogP contribution < -0.4 is 5.73 Å². The number of anilines is 1. The zero-order valence-electron chi connectivity index (χ0n) is 9.78. The van der Waals surface area contributed by atoms with E-state index in [2.05, 4.69) is 5.10 Å². The number of rotatable bonds is 4. The van der Waals surface area contributed by atoms with E-state index in [1.165, 1.54) is 16.8 Å². The lowest BCUT2D eigenvalue weighted by molar-refractivity contribution is -0.384. The van der Waals surface area contributed by atoms with Gasteiger partial charge < -0.3 is 10.8 Å². The molecule has 19 heavy (non-hydrogen) atoms. The highest BCUT2D eigenvalue weighted by Gasteiger charge is 2.19. The summed E-state index contributed by atoms with van der Waals surface area (Å²) in [5, 5.41) is 23.8. The number of hydrogen-bond donors (Lipinski definition) is 2. The number of nitro groups is 1. The summed E-state index contributed by atoms with van der Waals surface area (Å²) < 4.78 is 14.4. The van der Waals surface area contributed by atoms with E-state index in [0.717, 1.165) is 12.1 Å². The molecule has 0 aliphatic rings. The third-order valence-electron chi connectivity index (χ3n) is 2.56. The van der Waals surface area contributed by atoms with E-state index in [4.69, 9.17) is 10.8 Å². The maximum Gasteiger partial charge on any atom is 0.281 e. The predicted molar refractivity (Wildman–Crippen MR) is 65.8 cm³/mol. The minimum atomic E-state index is -0.696. The fraction of sp³-hybridized carbons (Fsp3) is 0.182. The summed E-state index contributed by atoms with van der Waals surface area (Å²) in [7, 11) is 0. The molecule has 0 amide bonds. The van der Waals surface area contributed by atoms with Crippen LogP contribution in [-0.2, 0) is 6.54 Å². The molecule has 1 aromatic heterocycles. The second kappa shape index (κ2) is 5.02. The molecule has 0 atom stereocenters. The fourth-order valence-corrected chi connectivity index (χ4v) is 1.71. The Hall–Kier alpha value is -2.48. The van der Waals surface area contributed by atoms with Crippen LogP contribution in [0.3, 0.4) is 0 Å². The van der Waals surface area contributed by atoms with Crippen molar-refractivity contribution < 1.29 is 14.4 Å². The van der Waals surface area contributed by atoms with Gasteiger partial charge in [0.1, 0.15) is 17.3 Å². The Kier molecular flexibility index (Phi) is 3.43. The standard InChI is InChI=1S/C11H11FN4O3/c12-7-1-2-8(10(5-7)16(18)19)9-6-11(13)15(14-9)3-4-17/h1-2,5-6,17H,3-4,13H2. The molecule has 0 saturated heterocycles. The molecule has 0 saturated carbocycles. The second-order valence-corrected chi connectivity index (χ2v) is 3.82. The van der Waals surface area contributed by atoms with Crippen molar-refractivity contribution in [1.82, 2.24) is 9.78 Å². The molecular formula is C11H11FN4O3. The first kappa shape index (κ1) is 13.0. The molecular weight excluding hydrogens is 255 g/mol. The van der Waals surface area contributed by atoms with E-state index in [9.17, 15) is 14.5 Å². The highest BCUT2D eigenvalue weighted by atomic mass is 19.1. The number of nitrogens with two attached hydrogens (primary N) is 1. The van der Waals surface area contributed by atoms with Crippen molar-refractivity contribution in [3.8, 4) is 11.3 Å². The number of hydrogen-bond acceptors (Lipinski definition) is 5. The number of aromatic nitrogens is 2. The van der Waals surface area contributed by atoms with Crippen LogP contribution in [0.25, 0.3) is 11.3 Å². The van der Waals surface area contributed by atoms with Crippen LogP contribution in [0, 0.1) is 15.9 Å². The maximum atomic E-state index is 13.0. The van der Waals surface area contributed by atoms with Gasteiger partial charge in [-0.1, -0.05) is 0 Å². The number of aliphatic hydroxyl groups is 1. The van der Waals surface area contributed by atoms with Gasteiger partial charge in [0.05, 0.1) is 29.7 Å². The summed E-state index contributed by atoms with van der Waals surface area (Å²) in [5.41, 5.74) is 5.72. The van der Waals surface area contributed by atoms with Gasteiger partial charge in [0, 0.05) is 6.07 Å². The van der Waals surface area contributed by atoms with E-state index in [-0.39, 0.29) is 35.9 Å². The van der Waals surface area contributed by atoms with Gasteiger partial charge in [-0.25, -0.2) is 9.07 Å². The fourth-order valence-electron chi connectivity index (χ4n) is 1.71. The normalized spacial score (nSPS) is 10.6. The Labute approximate surface area is 107 Å². The molecule has 0 aliphatic carbocycles. The zero-order valence-corrected chi connectivity index (χ0v) is 9.78. The highest BCUT2D eigenvalue weighted by molar-refractivity contribution is 5.72. The third kappa shape index (κ3) is 2.52. The monoisotopic (exact) mass is 266 g/mol. The van der Waals surface area contributed by atoms with E-state index in [1.54, 1.807) is 0 Å². The SMILES string of the molecule is Nc1cc(-c2ccc(F)cc2[N+](=O)[O-])nn1CCO. The van der Waals surface area contributed by atoms with Gasteiger partial charge in [-0.05, 0) is 12.1 Å². The Morgan fingerprint density at radius 3 is 2.84 bits per heavy atom. The number of nitrogen functional groups attached to an aromatic ring is 1. The van der Waals surface area contributed by atoms with Crippen LogP contribution in [0.4, 0.5) is 15.9 Å². The summed E-state index contributed by atoms with van der Waals surface area (Å²) in [5.74, 6) is -0.430. The van der Waals surface area contributed by atoms with Crippen LogP contribution >= 0.6 is 0 Å². The summed E-state index contributed by atoms with van der Waals surface area (Å²) in [6.45, 7) is 0.0255. The van der Waals surface area contributed by atoms with Gasteiger partial charge in [-0.3, -0.25) is 10.1 Å². The van der Waals surface area contributed by atoms with Gasteiger partial charge in [-0.2, -0.15) is 5.10 Å². The summed E-state index contributed by atoms with van der Waals surface area (Å²) in [6, 6.07) is 4.66. The summed E-state index contributed by atoms with van der Waals surface area (Å²) in [4.78, 5) is 10.2. The predicted octanol–water partition coefficient (Wildman–Crippen LogP) is 1.17. The minimum absolute atomic E-state index is 0.156. The molecule has 1 aromatic carbocycles. The van der Waals surface area contributed by atoms with Gasteiger partial charge >= 0.3 is 0 Å². The molecule has 100 valence electrons. The molecule has 0 spiro atoms. The minimum Gasteiger partial charge on any atom is -0.394 e. The quantitative estimate of drug-likeness (QED) is 0.638. The first-order valence-electron chi connectivity index (χ1n) is 5.41. The van der Waals surface area contributed by atoms with E-state index < -0.39 is 10.7 Å². The topological polar surface area (TPSA) is 107 Å². The Morgan fingerprint density at radius 1 is 1.47 bits per heavy atom. The smallest absolute Gasteiger partial charge is 0.281 e. The van der Waals surface area contributed by atoms with Gasteiger partial charge in [0.25, 0.3) is 5.69 Å². The molecule has 0 aliphatic heterocycles. The van der Waals surface area contributed by atoms with Crippen molar-refractivity contribution in [3.63, 3.8) is 0 Å². The molecule has 1 heterocycles. The van der Waals surface area contributed by atoms with Crippen molar-refractivity contribution in [2.45, 2.75) is 6.54 Å². The molecule has 0 bridgehead atoms. The second-order valence-electron chi connectivity index (χ2n) is 3.82. The van der Waals surface area contributed by atoms with Crippen molar-refractivity contribution in [2.24, 2.45) is 0 Å². The summed E-state index contributed by atoms with van der Waals surface area (Å²) in [6.07, 6.45) is 0. The molecule has 8 heteroatoms. The first-order chi connectivity index (χ1) is 9.02. The lowest BCUT2D eigenvalue weighted by Gasteiger charge is -2.00. The van der Waals surface area contributed by atoms with Gasteiger partial charge in [0.2, 0.25) is 0 Å². The van der Waals surface area contributed by atoms with Crippen LogP contribution in [0.15, 0.2) is 24.3 Å². The third-order valence-corrected chi connectivity index (χ3v) is 2.56. The number of aliphatic hydroxyl groups excluding tert-OH is 1. The zero-order chi connectivity index (χ0) is 14.0. The van der Waals surface area contributed by atoms with Crippen molar-refractivity contribution in [3.05, 3.63) is 40.2 Å². The number of benzene rings is 1. The van der Waals surface area contributed by atoms with Gasteiger partial charge in [0.15, 0.2) is 0 Å². The van der Waals surface area contributed by atoms with Gasteiger partial charge in [-0.15, -0.1) is 0 Å².